The van der Waals surface area contributed by atoms with Gasteiger partial charge in [-0.1, -0.05) is 33.1 Å². The van der Waals surface area contributed by atoms with Crippen LogP contribution in [0.15, 0.2) is 0 Å². The Balaban J connectivity index is 2.17. The summed E-state index contributed by atoms with van der Waals surface area (Å²) >= 11 is 0. The van der Waals surface area contributed by atoms with Crippen LogP contribution < -0.4 is 5.73 Å². The topological polar surface area (TPSA) is 29.3 Å². The molecule has 0 saturated carbocycles. The molecule has 1 aliphatic rings. The van der Waals surface area contributed by atoms with Crippen LogP contribution >= 0.6 is 0 Å². The van der Waals surface area contributed by atoms with Crippen LogP contribution in [0.2, 0.25) is 0 Å². The van der Waals surface area contributed by atoms with Gasteiger partial charge in [-0.3, -0.25) is 0 Å². The summed E-state index contributed by atoms with van der Waals surface area (Å²) in [6.07, 6.45) is 10.6. The summed E-state index contributed by atoms with van der Waals surface area (Å²) in [5.41, 5.74) is 6.09. The van der Waals surface area contributed by atoms with Gasteiger partial charge >= 0.3 is 0 Å². The van der Waals surface area contributed by atoms with E-state index in [-0.39, 0.29) is 0 Å². The van der Waals surface area contributed by atoms with Gasteiger partial charge in [0.25, 0.3) is 0 Å². The standard InChI is InChI=1S/C15H32N2/c1-3-6-14-8-5-11-17(12-9-14)13-10-15(16)7-4-2/h14-15H,3-13,16H2,1-2H3. The van der Waals surface area contributed by atoms with Crippen LogP contribution in [-0.4, -0.2) is 30.6 Å². The average molecular weight is 240 g/mol. The minimum absolute atomic E-state index is 0.426. The fourth-order valence-electron chi connectivity index (χ4n) is 3.01. The van der Waals surface area contributed by atoms with Crippen LogP contribution in [0.3, 0.4) is 0 Å². The van der Waals surface area contributed by atoms with Crippen LogP contribution in [0.4, 0.5) is 0 Å². The number of likely N-dealkylation sites (tertiary alicyclic amines) is 1. The van der Waals surface area contributed by atoms with E-state index in [4.69, 9.17) is 5.73 Å². The fourth-order valence-corrected chi connectivity index (χ4v) is 3.01. The predicted molar refractivity (Wildman–Crippen MR) is 76.2 cm³/mol. The second kappa shape index (κ2) is 8.93. The molecule has 102 valence electrons. The molecule has 17 heavy (non-hydrogen) atoms. The van der Waals surface area contributed by atoms with Gasteiger partial charge in [-0.2, -0.15) is 0 Å². The molecule has 2 heteroatoms. The van der Waals surface area contributed by atoms with Crippen LogP contribution in [0.5, 0.6) is 0 Å². The molecule has 1 saturated heterocycles. The molecule has 0 spiro atoms. The highest BCUT2D eigenvalue weighted by molar-refractivity contribution is 4.72. The summed E-state index contributed by atoms with van der Waals surface area (Å²) in [4.78, 5) is 2.64. The zero-order valence-corrected chi connectivity index (χ0v) is 12.0. The Bertz CT molecular complexity index is 182. The van der Waals surface area contributed by atoms with E-state index >= 15 is 0 Å². The molecular weight excluding hydrogens is 208 g/mol. The Morgan fingerprint density at radius 2 is 1.94 bits per heavy atom. The lowest BCUT2D eigenvalue weighted by Gasteiger charge is -2.22. The second-order valence-electron chi connectivity index (χ2n) is 5.76. The van der Waals surface area contributed by atoms with Crippen molar-refractivity contribution in [2.75, 3.05) is 19.6 Å². The normalized spacial score (nSPS) is 24.5. The highest BCUT2D eigenvalue weighted by atomic mass is 15.1. The van der Waals surface area contributed by atoms with Gasteiger partial charge in [0.2, 0.25) is 0 Å². The van der Waals surface area contributed by atoms with E-state index in [1.54, 1.807) is 0 Å². The van der Waals surface area contributed by atoms with Crippen LogP contribution in [0, 0.1) is 5.92 Å². The van der Waals surface area contributed by atoms with Crippen molar-refractivity contribution in [1.29, 1.82) is 0 Å². The van der Waals surface area contributed by atoms with Crippen LogP contribution in [0.25, 0.3) is 0 Å². The third-order valence-electron chi connectivity index (χ3n) is 4.11. The SMILES string of the molecule is CCCC(N)CCN1CCCC(CCC)CC1. The maximum atomic E-state index is 6.09. The molecule has 2 unspecified atom stereocenters. The lowest BCUT2D eigenvalue weighted by atomic mass is 9.96. The summed E-state index contributed by atoms with van der Waals surface area (Å²) in [5, 5.41) is 0. The van der Waals surface area contributed by atoms with Crippen LogP contribution in [-0.2, 0) is 0 Å². The molecule has 2 atom stereocenters. The van der Waals surface area contributed by atoms with Gasteiger partial charge in [0.05, 0.1) is 0 Å². The third kappa shape index (κ3) is 6.42. The van der Waals surface area contributed by atoms with Gasteiger partial charge in [0, 0.05) is 6.04 Å². The quantitative estimate of drug-likeness (QED) is 0.739. The van der Waals surface area contributed by atoms with Gasteiger partial charge in [-0.05, 0) is 57.7 Å². The summed E-state index contributed by atoms with van der Waals surface area (Å²) in [7, 11) is 0. The van der Waals surface area contributed by atoms with Gasteiger partial charge < -0.3 is 10.6 Å². The largest absolute Gasteiger partial charge is 0.328 e. The smallest absolute Gasteiger partial charge is 0.00509 e. The van der Waals surface area contributed by atoms with E-state index in [2.05, 4.69) is 18.7 Å². The van der Waals surface area contributed by atoms with E-state index in [1.807, 2.05) is 0 Å². The van der Waals surface area contributed by atoms with Crippen molar-refractivity contribution in [2.45, 2.75) is 71.3 Å². The monoisotopic (exact) mass is 240 g/mol. The van der Waals surface area contributed by atoms with E-state index in [0.717, 1.165) is 5.92 Å². The predicted octanol–water partition coefficient (Wildman–Crippen LogP) is 3.41. The van der Waals surface area contributed by atoms with E-state index < -0.39 is 0 Å². The number of nitrogens with zero attached hydrogens (tertiary/aromatic N) is 1. The highest BCUT2D eigenvalue weighted by Gasteiger charge is 2.16. The Morgan fingerprint density at radius 3 is 2.65 bits per heavy atom. The highest BCUT2D eigenvalue weighted by Crippen LogP contribution is 2.22. The Hall–Kier alpha value is -0.0800. The molecular formula is C15H32N2. The molecule has 0 aliphatic carbocycles. The molecule has 0 bridgehead atoms. The van der Waals surface area contributed by atoms with Crippen molar-refractivity contribution in [3.63, 3.8) is 0 Å². The Morgan fingerprint density at radius 1 is 1.12 bits per heavy atom. The third-order valence-corrected chi connectivity index (χ3v) is 4.11. The molecule has 1 heterocycles. The Labute approximate surface area is 108 Å². The first-order valence-corrected chi connectivity index (χ1v) is 7.74. The lowest BCUT2D eigenvalue weighted by Crippen LogP contribution is -2.31. The minimum Gasteiger partial charge on any atom is -0.328 e. The molecule has 1 fully saturated rings. The van der Waals surface area contributed by atoms with E-state index in [9.17, 15) is 0 Å². The fraction of sp³-hybridized carbons (Fsp3) is 1.00. The number of nitrogens with two attached hydrogens (primary N) is 1. The zero-order valence-electron chi connectivity index (χ0n) is 12.0. The molecule has 0 aromatic heterocycles. The maximum Gasteiger partial charge on any atom is 0.00509 e. The number of hydrogen-bond donors (Lipinski definition) is 1. The molecule has 0 aromatic carbocycles. The van der Waals surface area contributed by atoms with Crippen LogP contribution in [0.1, 0.15) is 65.2 Å². The van der Waals surface area contributed by atoms with Gasteiger partial charge in [-0.15, -0.1) is 0 Å². The minimum atomic E-state index is 0.426. The molecule has 2 nitrogen and oxygen atoms in total. The van der Waals surface area contributed by atoms with E-state index in [1.165, 1.54) is 71.0 Å². The second-order valence-corrected chi connectivity index (χ2v) is 5.76. The maximum absolute atomic E-state index is 6.09. The number of rotatable bonds is 7. The zero-order chi connectivity index (χ0) is 12.5. The van der Waals surface area contributed by atoms with Gasteiger partial charge in [-0.25, -0.2) is 0 Å². The molecule has 0 radical (unpaired) electrons. The summed E-state index contributed by atoms with van der Waals surface area (Å²) in [6.45, 7) is 8.37. The first kappa shape index (κ1) is 15.0. The van der Waals surface area contributed by atoms with Crippen molar-refractivity contribution in [1.82, 2.24) is 4.90 Å². The number of hydrogen-bond acceptors (Lipinski definition) is 2. The molecule has 0 aromatic rings. The van der Waals surface area contributed by atoms with Crippen molar-refractivity contribution in [3.05, 3.63) is 0 Å². The summed E-state index contributed by atoms with van der Waals surface area (Å²) < 4.78 is 0. The lowest BCUT2D eigenvalue weighted by molar-refractivity contribution is 0.266. The van der Waals surface area contributed by atoms with Crippen molar-refractivity contribution < 1.29 is 0 Å². The summed E-state index contributed by atoms with van der Waals surface area (Å²) in [6, 6.07) is 0.426. The Kier molecular flexibility index (Phi) is 7.87. The van der Waals surface area contributed by atoms with Gasteiger partial charge in [0.1, 0.15) is 0 Å². The van der Waals surface area contributed by atoms with E-state index in [0.29, 0.717) is 6.04 Å². The van der Waals surface area contributed by atoms with Crippen molar-refractivity contribution in [2.24, 2.45) is 11.7 Å². The summed E-state index contributed by atoms with van der Waals surface area (Å²) in [5.74, 6) is 0.995. The first-order valence-electron chi connectivity index (χ1n) is 7.74. The molecule has 2 N–H and O–H groups in total. The molecule has 1 rings (SSSR count). The average Bonchev–Trinajstić information content (AvgIpc) is 2.53. The van der Waals surface area contributed by atoms with Gasteiger partial charge in [0.15, 0.2) is 0 Å². The van der Waals surface area contributed by atoms with Crippen molar-refractivity contribution in [3.8, 4) is 0 Å². The first-order chi connectivity index (χ1) is 8.26. The molecule has 0 amide bonds. The van der Waals surface area contributed by atoms with Crippen molar-refractivity contribution >= 4 is 0 Å². The molecule has 1 aliphatic heterocycles.